The molecule has 1 amide bonds. The Morgan fingerprint density at radius 2 is 2.00 bits per heavy atom. The van der Waals surface area contributed by atoms with Crippen LogP contribution in [0.25, 0.3) is 0 Å². The Balaban J connectivity index is 3.94. The summed E-state index contributed by atoms with van der Waals surface area (Å²) in [5, 5.41) is 19.4. The second-order valence-corrected chi connectivity index (χ2v) is 3.54. The molecule has 0 aromatic carbocycles. The maximum Gasteiger partial charge on any atom is 0.407 e. The second kappa shape index (κ2) is 7.05. The molecule has 0 unspecified atom stereocenters. The molecule has 0 radical (unpaired) electrons. The lowest BCUT2D eigenvalue weighted by atomic mass is 10.2. The minimum atomic E-state index is -1.19. The van der Waals surface area contributed by atoms with Crippen LogP contribution in [0.4, 0.5) is 4.79 Å². The normalized spacial score (nSPS) is 12.3. The zero-order valence-corrected chi connectivity index (χ0v) is 8.90. The van der Waals surface area contributed by atoms with E-state index in [1.807, 2.05) is 13.8 Å². The Hall–Kier alpha value is -1.30. The highest BCUT2D eigenvalue weighted by molar-refractivity contribution is 5.79. The van der Waals surface area contributed by atoms with E-state index in [-0.39, 0.29) is 25.6 Å². The molecule has 1 atom stereocenters. The van der Waals surface area contributed by atoms with Crippen molar-refractivity contribution < 1.29 is 24.5 Å². The van der Waals surface area contributed by atoms with E-state index in [4.69, 9.17) is 14.9 Å². The first kappa shape index (κ1) is 13.7. The van der Waals surface area contributed by atoms with Crippen LogP contribution in [0.1, 0.15) is 20.3 Å². The Morgan fingerprint density at radius 3 is 2.40 bits per heavy atom. The van der Waals surface area contributed by atoms with Crippen LogP contribution in [0.15, 0.2) is 0 Å². The molecule has 0 spiro atoms. The van der Waals surface area contributed by atoms with E-state index >= 15 is 0 Å². The summed E-state index contributed by atoms with van der Waals surface area (Å²) in [5.74, 6) is -0.998. The second-order valence-electron chi connectivity index (χ2n) is 3.54. The predicted octanol–water partition coefficient (Wildman–Crippen LogP) is 0.204. The maximum atomic E-state index is 11.1. The van der Waals surface area contributed by atoms with Gasteiger partial charge in [-0.05, 0) is 5.92 Å². The number of carbonyl (C=O) groups excluding carboxylic acids is 1. The number of aliphatic hydroxyl groups excluding tert-OH is 1. The average molecular weight is 219 g/mol. The third-order valence-electron chi connectivity index (χ3n) is 1.56. The Kier molecular flexibility index (Phi) is 6.44. The molecular weight excluding hydrogens is 202 g/mol. The van der Waals surface area contributed by atoms with E-state index in [0.717, 1.165) is 0 Å². The highest BCUT2D eigenvalue weighted by Crippen LogP contribution is 1.96. The van der Waals surface area contributed by atoms with Crippen LogP contribution in [0, 0.1) is 5.92 Å². The maximum absolute atomic E-state index is 11.1. The average Bonchev–Trinajstić information content (AvgIpc) is 2.14. The van der Waals surface area contributed by atoms with Gasteiger partial charge in [0.05, 0.1) is 6.61 Å². The number of alkyl carbamates (subject to hydrolysis) is 1. The van der Waals surface area contributed by atoms with Gasteiger partial charge in [0, 0.05) is 13.0 Å². The summed E-state index contributed by atoms with van der Waals surface area (Å²) in [6, 6.07) is -1.10. The van der Waals surface area contributed by atoms with Crippen molar-refractivity contribution in [2.75, 3.05) is 13.2 Å². The predicted molar refractivity (Wildman–Crippen MR) is 52.4 cm³/mol. The monoisotopic (exact) mass is 219 g/mol. The smallest absolute Gasteiger partial charge is 0.407 e. The lowest BCUT2D eigenvalue weighted by molar-refractivity contribution is -0.139. The van der Waals surface area contributed by atoms with Gasteiger partial charge >= 0.3 is 12.1 Å². The Bertz CT molecular complexity index is 217. The fraction of sp³-hybridized carbons (Fsp3) is 0.778. The molecule has 6 heteroatoms. The first-order valence-corrected chi connectivity index (χ1v) is 4.74. The molecule has 0 aliphatic rings. The molecule has 0 aliphatic carbocycles. The molecule has 0 aromatic heterocycles. The fourth-order valence-electron chi connectivity index (χ4n) is 0.813. The van der Waals surface area contributed by atoms with Crippen LogP contribution in [0.5, 0.6) is 0 Å². The molecule has 0 saturated carbocycles. The zero-order valence-electron chi connectivity index (χ0n) is 8.90. The summed E-state index contributed by atoms with van der Waals surface area (Å²) in [6.07, 6.45) is -0.809. The van der Waals surface area contributed by atoms with E-state index in [2.05, 4.69) is 5.32 Å². The van der Waals surface area contributed by atoms with Crippen molar-refractivity contribution in [3.63, 3.8) is 0 Å². The topological polar surface area (TPSA) is 95.9 Å². The van der Waals surface area contributed by atoms with Gasteiger partial charge in [-0.25, -0.2) is 9.59 Å². The van der Waals surface area contributed by atoms with Gasteiger partial charge in [-0.2, -0.15) is 0 Å². The number of carboxylic acids is 1. The molecule has 88 valence electrons. The van der Waals surface area contributed by atoms with Gasteiger partial charge in [0.1, 0.15) is 6.04 Å². The number of ether oxygens (including phenoxy) is 1. The summed E-state index contributed by atoms with van der Waals surface area (Å²) in [5.41, 5.74) is 0. The SMILES string of the molecule is CC(C)COC(=O)N[C@@H](CCO)C(=O)O. The Morgan fingerprint density at radius 1 is 1.40 bits per heavy atom. The first-order chi connectivity index (χ1) is 6.97. The lowest BCUT2D eigenvalue weighted by Crippen LogP contribution is -2.41. The molecule has 0 fully saturated rings. The molecule has 0 bridgehead atoms. The standard InChI is InChI=1S/C9H17NO5/c1-6(2)5-15-9(14)10-7(3-4-11)8(12)13/h6-7,11H,3-5H2,1-2H3,(H,10,14)(H,12,13)/t7-/m0/s1. The molecule has 3 N–H and O–H groups in total. The number of hydrogen-bond donors (Lipinski definition) is 3. The third kappa shape index (κ3) is 6.73. The summed E-state index contributed by atoms with van der Waals surface area (Å²) < 4.78 is 4.74. The van der Waals surface area contributed by atoms with Crippen molar-refractivity contribution in [2.45, 2.75) is 26.3 Å². The van der Waals surface area contributed by atoms with Gasteiger partial charge in [0.2, 0.25) is 0 Å². The van der Waals surface area contributed by atoms with E-state index in [0.29, 0.717) is 0 Å². The minimum Gasteiger partial charge on any atom is -0.480 e. The molecule has 0 heterocycles. The van der Waals surface area contributed by atoms with Crippen molar-refractivity contribution in [1.29, 1.82) is 0 Å². The van der Waals surface area contributed by atoms with Gasteiger partial charge in [0.15, 0.2) is 0 Å². The van der Waals surface area contributed by atoms with Crippen LogP contribution < -0.4 is 5.32 Å². The van der Waals surface area contributed by atoms with Crippen LogP contribution in [0.3, 0.4) is 0 Å². The van der Waals surface area contributed by atoms with E-state index in [1.165, 1.54) is 0 Å². The van der Waals surface area contributed by atoms with Gasteiger partial charge in [-0.3, -0.25) is 0 Å². The van der Waals surface area contributed by atoms with E-state index < -0.39 is 18.1 Å². The van der Waals surface area contributed by atoms with Gasteiger partial charge in [0.25, 0.3) is 0 Å². The number of hydrogen-bond acceptors (Lipinski definition) is 4. The van der Waals surface area contributed by atoms with Crippen LogP contribution in [-0.2, 0) is 9.53 Å². The number of aliphatic hydroxyl groups is 1. The van der Waals surface area contributed by atoms with E-state index in [1.54, 1.807) is 0 Å². The van der Waals surface area contributed by atoms with Crippen molar-refractivity contribution in [2.24, 2.45) is 5.92 Å². The van der Waals surface area contributed by atoms with Crippen molar-refractivity contribution in [3.8, 4) is 0 Å². The van der Waals surface area contributed by atoms with Crippen LogP contribution in [-0.4, -0.2) is 41.5 Å². The molecule has 0 saturated heterocycles. The van der Waals surface area contributed by atoms with E-state index in [9.17, 15) is 9.59 Å². The van der Waals surface area contributed by atoms with Gasteiger partial charge < -0.3 is 20.3 Å². The summed E-state index contributed by atoms with van der Waals surface area (Å²) in [6.45, 7) is 3.67. The number of carbonyl (C=O) groups is 2. The van der Waals surface area contributed by atoms with Crippen LogP contribution in [0.2, 0.25) is 0 Å². The first-order valence-electron chi connectivity index (χ1n) is 4.74. The third-order valence-corrected chi connectivity index (χ3v) is 1.56. The molecule has 6 nitrogen and oxygen atoms in total. The number of aliphatic carboxylic acids is 1. The van der Waals surface area contributed by atoms with Crippen LogP contribution >= 0.6 is 0 Å². The lowest BCUT2D eigenvalue weighted by Gasteiger charge is -2.14. The molecule has 0 rings (SSSR count). The molecular formula is C9H17NO5. The summed E-state index contributed by atoms with van der Waals surface area (Å²) in [7, 11) is 0. The minimum absolute atomic E-state index is 0.0356. The van der Waals surface area contributed by atoms with Crippen molar-refractivity contribution >= 4 is 12.1 Å². The Labute approximate surface area is 88.2 Å². The number of amides is 1. The fourth-order valence-corrected chi connectivity index (χ4v) is 0.813. The highest BCUT2D eigenvalue weighted by atomic mass is 16.5. The zero-order chi connectivity index (χ0) is 11.8. The number of rotatable bonds is 6. The molecule has 0 aliphatic heterocycles. The molecule has 0 aromatic rings. The number of carboxylic acid groups (broad SMARTS) is 1. The van der Waals surface area contributed by atoms with Crippen molar-refractivity contribution in [3.05, 3.63) is 0 Å². The summed E-state index contributed by atoms with van der Waals surface area (Å²) >= 11 is 0. The number of nitrogens with one attached hydrogen (secondary N) is 1. The van der Waals surface area contributed by atoms with Crippen molar-refractivity contribution in [1.82, 2.24) is 5.32 Å². The van der Waals surface area contributed by atoms with Gasteiger partial charge in [-0.15, -0.1) is 0 Å². The summed E-state index contributed by atoms with van der Waals surface area (Å²) in [4.78, 5) is 21.6. The largest absolute Gasteiger partial charge is 0.480 e. The van der Waals surface area contributed by atoms with Gasteiger partial charge in [-0.1, -0.05) is 13.8 Å². The highest BCUT2D eigenvalue weighted by Gasteiger charge is 2.19. The quantitative estimate of drug-likeness (QED) is 0.593. The molecule has 15 heavy (non-hydrogen) atoms.